The number of carbonyl (C=O) groups is 1. The summed E-state index contributed by atoms with van der Waals surface area (Å²) in [6, 6.07) is 9.88. The van der Waals surface area contributed by atoms with Gasteiger partial charge in [0.2, 0.25) is 15.9 Å². The number of morpholine rings is 1. The summed E-state index contributed by atoms with van der Waals surface area (Å²) in [7, 11) is -3.77. The van der Waals surface area contributed by atoms with Gasteiger partial charge in [-0.3, -0.25) is 19.9 Å². The molecule has 0 bridgehead atoms. The van der Waals surface area contributed by atoms with E-state index >= 15 is 0 Å². The number of nitro groups is 1. The molecule has 45 heavy (non-hydrogen) atoms. The summed E-state index contributed by atoms with van der Waals surface area (Å²) in [4.78, 5) is 35.3. The largest absolute Gasteiger partial charge is 0.378 e. The van der Waals surface area contributed by atoms with Crippen LogP contribution in [0.15, 0.2) is 46.3 Å². The third kappa shape index (κ3) is 7.47. The lowest BCUT2D eigenvalue weighted by atomic mass is 9.95. The number of sulfonamides is 1. The zero-order chi connectivity index (χ0) is 32.0. The summed E-state index contributed by atoms with van der Waals surface area (Å²) >= 11 is 0. The van der Waals surface area contributed by atoms with Crippen molar-refractivity contribution in [2.45, 2.75) is 50.8 Å². The topological polar surface area (TPSA) is 129 Å². The third-order valence-electron chi connectivity index (χ3n) is 8.99. The van der Waals surface area contributed by atoms with Crippen LogP contribution in [-0.4, -0.2) is 100 Å². The second-order valence-electron chi connectivity index (χ2n) is 11.8. The number of non-ortho nitro benzene ring substituents is 1. The van der Waals surface area contributed by atoms with Crippen molar-refractivity contribution in [3.63, 3.8) is 0 Å². The second-order valence-corrected chi connectivity index (χ2v) is 13.7. The van der Waals surface area contributed by atoms with Crippen LogP contribution in [0.25, 0.3) is 0 Å². The lowest BCUT2D eigenvalue weighted by Gasteiger charge is -2.36. The summed E-state index contributed by atoms with van der Waals surface area (Å²) in [6.45, 7) is 9.70. The molecule has 0 aromatic heterocycles. The van der Waals surface area contributed by atoms with Crippen LogP contribution in [-0.2, 0) is 19.6 Å². The molecule has 12 nitrogen and oxygen atoms in total. The molecule has 5 rings (SSSR count). The molecule has 3 fully saturated rings. The Bertz CT molecular complexity index is 1500. The fraction of sp³-hybridized carbons (Fsp3) is 0.562. The minimum atomic E-state index is -3.77. The van der Waals surface area contributed by atoms with Crippen molar-refractivity contribution in [1.82, 2.24) is 9.21 Å². The van der Waals surface area contributed by atoms with E-state index in [-0.39, 0.29) is 22.4 Å². The summed E-state index contributed by atoms with van der Waals surface area (Å²) in [5, 5.41) is 11.7. The first-order chi connectivity index (χ1) is 21.7. The zero-order valence-electron chi connectivity index (χ0n) is 26.3. The van der Waals surface area contributed by atoms with E-state index < -0.39 is 14.9 Å². The maximum Gasteiger partial charge on any atom is 0.270 e. The average molecular weight is 641 g/mol. The number of nitro benzene ring substituents is 1. The first-order valence-electron chi connectivity index (χ1n) is 16.1. The Morgan fingerprint density at radius 1 is 0.978 bits per heavy atom. The van der Waals surface area contributed by atoms with Crippen LogP contribution in [0, 0.1) is 16.0 Å². The van der Waals surface area contributed by atoms with Gasteiger partial charge < -0.3 is 19.4 Å². The molecule has 2 aromatic rings. The molecule has 3 heterocycles. The fourth-order valence-electron chi connectivity index (χ4n) is 6.48. The Kier molecular flexibility index (Phi) is 10.7. The van der Waals surface area contributed by atoms with Gasteiger partial charge in [0.15, 0.2) is 0 Å². The molecule has 3 saturated heterocycles. The van der Waals surface area contributed by atoms with Gasteiger partial charge in [-0.15, -0.1) is 0 Å². The monoisotopic (exact) mass is 640 g/mol. The number of aliphatic imine (C=N–C) groups is 1. The molecule has 0 spiro atoms. The number of carbonyl (C=O) groups excluding carboxylic acids is 1. The highest BCUT2D eigenvalue weighted by Gasteiger charge is 2.32. The van der Waals surface area contributed by atoms with Crippen molar-refractivity contribution in [2.75, 3.05) is 75.4 Å². The number of hydrogen-bond acceptors (Lipinski definition) is 9. The molecule has 244 valence electrons. The Labute approximate surface area is 265 Å². The van der Waals surface area contributed by atoms with Gasteiger partial charge in [-0.1, -0.05) is 6.42 Å². The van der Waals surface area contributed by atoms with Crippen molar-refractivity contribution < 1.29 is 22.9 Å². The van der Waals surface area contributed by atoms with E-state index in [1.54, 1.807) is 34.8 Å². The number of benzene rings is 2. The van der Waals surface area contributed by atoms with Crippen LogP contribution >= 0.6 is 0 Å². The number of anilines is 2. The van der Waals surface area contributed by atoms with Crippen LogP contribution in [0.3, 0.4) is 0 Å². The van der Waals surface area contributed by atoms with Crippen LogP contribution in [0.4, 0.5) is 22.7 Å². The molecule has 1 atom stereocenters. The van der Waals surface area contributed by atoms with Gasteiger partial charge in [0.25, 0.3) is 5.69 Å². The maximum atomic E-state index is 13.9. The normalized spacial score (nSPS) is 20.0. The lowest BCUT2D eigenvalue weighted by molar-refractivity contribution is -0.384. The first-order valence-corrected chi connectivity index (χ1v) is 17.5. The average Bonchev–Trinajstić information content (AvgIpc) is 3.08. The second kappa shape index (κ2) is 14.7. The number of nitrogens with zero attached hydrogens (tertiary/aromatic N) is 6. The van der Waals surface area contributed by atoms with E-state index in [1.165, 1.54) is 12.1 Å². The standard InChI is InChI=1S/C32H44N6O6S/c1-3-34(4-2)32(39)25-9-8-14-36(24-25)29-13-11-28(38(40)41)21-26(29)23-33-27-10-12-30(35-17-19-44-20-18-35)31(22-27)45(42,43)37-15-6-5-7-16-37/h10-13,21-23,25H,3-9,14-20,24H2,1-2H3/t25-/m0/s1. The van der Waals surface area contributed by atoms with Gasteiger partial charge >= 0.3 is 0 Å². The molecule has 1 amide bonds. The van der Waals surface area contributed by atoms with Crippen molar-refractivity contribution in [3.05, 3.63) is 52.1 Å². The highest BCUT2D eigenvalue weighted by Crippen LogP contribution is 2.34. The summed E-state index contributed by atoms with van der Waals surface area (Å²) < 4.78 is 34.9. The third-order valence-corrected chi connectivity index (χ3v) is 10.9. The molecule has 0 aliphatic carbocycles. The molecule has 0 saturated carbocycles. The Morgan fingerprint density at radius 2 is 1.69 bits per heavy atom. The van der Waals surface area contributed by atoms with Crippen LogP contribution < -0.4 is 9.80 Å². The quantitative estimate of drug-likeness (QED) is 0.212. The van der Waals surface area contributed by atoms with Gasteiger partial charge in [0, 0.05) is 82.0 Å². The number of amides is 1. The van der Waals surface area contributed by atoms with Gasteiger partial charge in [-0.2, -0.15) is 4.31 Å². The van der Waals surface area contributed by atoms with Crippen molar-refractivity contribution in [1.29, 1.82) is 0 Å². The molecule has 0 unspecified atom stereocenters. The number of rotatable bonds is 10. The molecular weight excluding hydrogens is 596 g/mol. The Hall–Kier alpha value is -3.55. The fourth-order valence-corrected chi connectivity index (χ4v) is 8.23. The Balaban J connectivity index is 1.49. The first kappa shape index (κ1) is 32.8. The minimum Gasteiger partial charge on any atom is -0.378 e. The predicted octanol–water partition coefficient (Wildman–Crippen LogP) is 4.44. The van der Waals surface area contributed by atoms with Crippen molar-refractivity contribution >= 4 is 44.9 Å². The molecule has 0 N–H and O–H groups in total. The minimum absolute atomic E-state index is 0.0657. The Morgan fingerprint density at radius 3 is 2.38 bits per heavy atom. The van der Waals surface area contributed by atoms with Crippen LogP contribution in [0.1, 0.15) is 51.5 Å². The number of piperidine rings is 2. The molecule has 2 aromatic carbocycles. The SMILES string of the molecule is CCN(CC)C(=O)[C@H]1CCCN(c2ccc([N+](=O)[O-])cc2C=Nc2ccc(N3CCOCC3)c(S(=O)(=O)N3CCCCC3)c2)C1. The molecule has 3 aliphatic heterocycles. The van der Waals surface area contributed by atoms with Gasteiger partial charge in [0.1, 0.15) is 4.90 Å². The van der Waals surface area contributed by atoms with Crippen LogP contribution in [0.2, 0.25) is 0 Å². The zero-order valence-corrected chi connectivity index (χ0v) is 27.1. The maximum absolute atomic E-state index is 13.9. The predicted molar refractivity (Wildman–Crippen MR) is 175 cm³/mol. The molecular formula is C32H44N6O6S. The molecule has 13 heteroatoms. The van der Waals surface area contributed by atoms with E-state index in [0.29, 0.717) is 82.5 Å². The smallest absolute Gasteiger partial charge is 0.270 e. The number of ether oxygens (including phenoxy) is 1. The van der Waals surface area contributed by atoms with E-state index in [2.05, 4.69) is 9.89 Å². The van der Waals surface area contributed by atoms with Crippen molar-refractivity contribution in [3.8, 4) is 0 Å². The molecule has 3 aliphatic rings. The van der Waals surface area contributed by atoms with Gasteiger partial charge in [-0.05, 0) is 63.8 Å². The number of hydrogen-bond donors (Lipinski definition) is 0. The molecule has 0 radical (unpaired) electrons. The van der Waals surface area contributed by atoms with Gasteiger partial charge in [0.05, 0.1) is 35.4 Å². The summed E-state index contributed by atoms with van der Waals surface area (Å²) in [6.07, 6.45) is 5.87. The summed E-state index contributed by atoms with van der Waals surface area (Å²) in [5.41, 5.74) is 2.30. The van der Waals surface area contributed by atoms with E-state index in [1.807, 2.05) is 23.6 Å². The van der Waals surface area contributed by atoms with E-state index in [4.69, 9.17) is 4.74 Å². The summed E-state index contributed by atoms with van der Waals surface area (Å²) in [5.74, 6) is -0.0291. The van der Waals surface area contributed by atoms with E-state index in [9.17, 15) is 23.3 Å². The highest BCUT2D eigenvalue weighted by atomic mass is 32.2. The lowest BCUT2D eigenvalue weighted by Crippen LogP contribution is -2.45. The van der Waals surface area contributed by atoms with Crippen LogP contribution in [0.5, 0.6) is 0 Å². The van der Waals surface area contributed by atoms with E-state index in [0.717, 1.165) is 37.8 Å². The van der Waals surface area contributed by atoms with Crippen molar-refractivity contribution in [2.24, 2.45) is 10.9 Å². The van der Waals surface area contributed by atoms with Gasteiger partial charge in [-0.25, -0.2) is 8.42 Å². The highest BCUT2D eigenvalue weighted by molar-refractivity contribution is 7.89.